The third kappa shape index (κ3) is 3.54. The Hall–Kier alpha value is -1.88. The van der Waals surface area contributed by atoms with Crippen LogP contribution in [0.15, 0.2) is 30.3 Å². The Morgan fingerprint density at radius 2 is 2.11 bits per heavy atom. The molecular weight excluding hydrogens is 244 g/mol. The molecule has 0 unspecified atom stereocenters. The Labute approximate surface area is 112 Å². The second-order valence-electron chi connectivity index (χ2n) is 4.68. The van der Waals surface area contributed by atoms with Crippen LogP contribution >= 0.6 is 0 Å². The van der Waals surface area contributed by atoms with E-state index >= 15 is 0 Å². The number of nitrogens with zero attached hydrogens (tertiary/aromatic N) is 1. The van der Waals surface area contributed by atoms with Gasteiger partial charge in [-0.25, -0.2) is 0 Å². The maximum atomic E-state index is 12.0. The van der Waals surface area contributed by atoms with Gasteiger partial charge < -0.3 is 15.0 Å². The highest BCUT2D eigenvalue weighted by atomic mass is 16.5. The lowest BCUT2D eigenvalue weighted by molar-refractivity contribution is -0.142. The summed E-state index contributed by atoms with van der Waals surface area (Å²) in [5.74, 6) is -0.717. The number of ether oxygens (including phenoxy) is 1. The molecule has 0 spiro atoms. The lowest BCUT2D eigenvalue weighted by Gasteiger charge is -2.15. The molecule has 1 aromatic rings. The number of benzene rings is 1. The molecule has 5 heteroatoms. The fourth-order valence-electron chi connectivity index (χ4n) is 2.24. The average Bonchev–Trinajstić information content (AvgIpc) is 2.88. The molecule has 0 aliphatic carbocycles. The average molecular weight is 262 g/mol. The number of para-hydroxylation sites is 1. The molecule has 0 radical (unpaired) electrons. The molecule has 1 saturated heterocycles. The maximum absolute atomic E-state index is 12.0. The molecule has 1 aliphatic rings. The summed E-state index contributed by atoms with van der Waals surface area (Å²) in [5.41, 5.74) is 0.633. The van der Waals surface area contributed by atoms with E-state index in [1.807, 2.05) is 18.2 Å². The summed E-state index contributed by atoms with van der Waals surface area (Å²) in [4.78, 5) is 25.4. The highest BCUT2D eigenvalue weighted by molar-refractivity contribution is 6.39. The van der Waals surface area contributed by atoms with E-state index in [-0.39, 0.29) is 0 Å². The van der Waals surface area contributed by atoms with Crippen molar-refractivity contribution in [3.63, 3.8) is 0 Å². The number of anilines is 1. The number of rotatable bonds is 3. The molecule has 102 valence electrons. The minimum Gasteiger partial charge on any atom is -0.384 e. The van der Waals surface area contributed by atoms with Crippen LogP contribution < -0.4 is 5.32 Å². The molecule has 0 saturated carbocycles. The zero-order valence-corrected chi connectivity index (χ0v) is 11.0. The van der Waals surface area contributed by atoms with Crippen molar-refractivity contribution in [1.29, 1.82) is 0 Å². The second-order valence-corrected chi connectivity index (χ2v) is 4.68. The first-order valence-corrected chi connectivity index (χ1v) is 6.35. The minimum atomic E-state index is -0.579. The summed E-state index contributed by atoms with van der Waals surface area (Å²) in [5, 5.41) is 2.60. The Morgan fingerprint density at radius 3 is 2.79 bits per heavy atom. The third-order valence-electron chi connectivity index (χ3n) is 3.20. The van der Waals surface area contributed by atoms with Crippen LogP contribution in [0.5, 0.6) is 0 Å². The maximum Gasteiger partial charge on any atom is 0.313 e. The van der Waals surface area contributed by atoms with Crippen LogP contribution in [0, 0.1) is 5.92 Å². The number of likely N-dealkylation sites (tertiary alicyclic amines) is 1. The predicted octanol–water partition coefficient (Wildman–Crippen LogP) is 1.12. The number of carbonyl (C=O) groups is 2. The molecule has 2 rings (SSSR count). The van der Waals surface area contributed by atoms with Gasteiger partial charge in [0, 0.05) is 31.8 Å². The predicted molar refractivity (Wildman–Crippen MR) is 71.6 cm³/mol. The second kappa shape index (κ2) is 6.33. The summed E-state index contributed by atoms with van der Waals surface area (Å²) >= 11 is 0. The Bertz CT molecular complexity index is 447. The van der Waals surface area contributed by atoms with Crippen molar-refractivity contribution in [2.75, 3.05) is 32.1 Å². The van der Waals surface area contributed by atoms with E-state index in [1.165, 1.54) is 0 Å². The zero-order valence-electron chi connectivity index (χ0n) is 11.0. The number of hydrogen-bond acceptors (Lipinski definition) is 3. The molecule has 19 heavy (non-hydrogen) atoms. The summed E-state index contributed by atoms with van der Waals surface area (Å²) in [7, 11) is 1.65. The number of carbonyl (C=O) groups excluding carboxylic acids is 2. The number of amides is 2. The summed E-state index contributed by atoms with van der Waals surface area (Å²) in [6.45, 7) is 1.84. The molecule has 1 heterocycles. The quantitative estimate of drug-likeness (QED) is 0.830. The fraction of sp³-hybridized carbons (Fsp3) is 0.429. The topological polar surface area (TPSA) is 58.6 Å². The Kier molecular flexibility index (Phi) is 4.52. The van der Waals surface area contributed by atoms with Crippen LogP contribution in [0.1, 0.15) is 6.42 Å². The normalized spacial score (nSPS) is 18.4. The van der Waals surface area contributed by atoms with Gasteiger partial charge in [0.15, 0.2) is 0 Å². The van der Waals surface area contributed by atoms with Crippen LogP contribution in [0.25, 0.3) is 0 Å². The smallest absolute Gasteiger partial charge is 0.313 e. The molecule has 1 aromatic carbocycles. The minimum absolute atomic E-state index is 0.332. The van der Waals surface area contributed by atoms with Gasteiger partial charge in [-0.1, -0.05) is 18.2 Å². The van der Waals surface area contributed by atoms with Gasteiger partial charge in [-0.05, 0) is 18.6 Å². The highest BCUT2D eigenvalue weighted by Crippen LogP contribution is 2.16. The van der Waals surface area contributed by atoms with Crippen molar-refractivity contribution in [2.45, 2.75) is 6.42 Å². The van der Waals surface area contributed by atoms with Gasteiger partial charge in [0.2, 0.25) is 0 Å². The fourth-order valence-corrected chi connectivity index (χ4v) is 2.24. The van der Waals surface area contributed by atoms with Crippen LogP contribution in [0.3, 0.4) is 0 Å². The molecule has 0 aromatic heterocycles. The van der Waals surface area contributed by atoms with E-state index < -0.39 is 11.8 Å². The Morgan fingerprint density at radius 1 is 1.37 bits per heavy atom. The summed E-state index contributed by atoms with van der Waals surface area (Å²) in [6.07, 6.45) is 0.887. The Balaban J connectivity index is 1.88. The SMILES string of the molecule is COC[C@@H]1CCN(C(=O)C(=O)Nc2ccccc2)C1. The lowest BCUT2D eigenvalue weighted by Crippen LogP contribution is -2.38. The van der Waals surface area contributed by atoms with Crippen molar-refractivity contribution < 1.29 is 14.3 Å². The molecule has 2 amide bonds. The van der Waals surface area contributed by atoms with Gasteiger partial charge in [0.05, 0.1) is 6.61 Å². The van der Waals surface area contributed by atoms with Crippen LogP contribution in [0.2, 0.25) is 0 Å². The summed E-state index contributed by atoms with van der Waals surface area (Å²) in [6, 6.07) is 8.98. The van der Waals surface area contributed by atoms with Crippen molar-refractivity contribution in [2.24, 2.45) is 5.92 Å². The van der Waals surface area contributed by atoms with Crippen molar-refractivity contribution in [3.05, 3.63) is 30.3 Å². The standard InChI is InChI=1S/C14H18N2O3/c1-19-10-11-7-8-16(9-11)14(18)13(17)15-12-5-3-2-4-6-12/h2-6,11H,7-10H2,1H3,(H,15,17)/t11-/m1/s1. The van der Waals surface area contributed by atoms with Crippen molar-refractivity contribution in [3.8, 4) is 0 Å². The van der Waals surface area contributed by atoms with E-state index in [9.17, 15) is 9.59 Å². The molecule has 1 N–H and O–H groups in total. The van der Waals surface area contributed by atoms with E-state index in [0.717, 1.165) is 6.42 Å². The van der Waals surface area contributed by atoms with Crippen molar-refractivity contribution >= 4 is 17.5 Å². The molecule has 0 bridgehead atoms. The van der Waals surface area contributed by atoms with E-state index in [0.29, 0.717) is 31.3 Å². The van der Waals surface area contributed by atoms with Gasteiger partial charge in [0.25, 0.3) is 0 Å². The molecule has 1 atom stereocenters. The lowest BCUT2D eigenvalue weighted by atomic mass is 10.1. The number of methoxy groups -OCH3 is 1. The van der Waals surface area contributed by atoms with Gasteiger partial charge in [-0.15, -0.1) is 0 Å². The molecule has 1 aliphatic heterocycles. The molecular formula is C14H18N2O3. The van der Waals surface area contributed by atoms with E-state index in [1.54, 1.807) is 24.1 Å². The van der Waals surface area contributed by atoms with Gasteiger partial charge in [0.1, 0.15) is 0 Å². The monoisotopic (exact) mass is 262 g/mol. The van der Waals surface area contributed by atoms with E-state index in [2.05, 4.69) is 5.32 Å². The number of hydrogen-bond donors (Lipinski definition) is 1. The third-order valence-corrected chi connectivity index (χ3v) is 3.20. The first-order chi connectivity index (χ1) is 9.20. The van der Waals surface area contributed by atoms with Crippen LogP contribution in [-0.2, 0) is 14.3 Å². The first kappa shape index (κ1) is 13.5. The largest absolute Gasteiger partial charge is 0.384 e. The van der Waals surface area contributed by atoms with E-state index in [4.69, 9.17) is 4.74 Å². The first-order valence-electron chi connectivity index (χ1n) is 6.35. The van der Waals surface area contributed by atoms with Gasteiger partial charge in [-0.3, -0.25) is 9.59 Å². The van der Waals surface area contributed by atoms with Crippen molar-refractivity contribution in [1.82, 2.24) is 4.90 Å². The van der Waals surface area contributed by atoms with Gasteiger partial charge >= 0.3 is 11.8 Å². The van der Waals surface area contributed by atoms with Crippen LogP contribution in [-0.4, -0.2) is 43.5 Å². The molecule has 1 fully saturated rings. The van der Waals surface area contributed by atoms with Gasteiger partial charge in [-0.2, -0.15) is 0 Å². The highest BCUT2D eigenvalue weighted by Gasteiger charge is 2.29. The molecule has 5 nitrogen and oxygen atoms in total. The summed E-state index contributed by atoms with van der Waals surface area (Å²) < 4.78 is 5.07. The number of nitrogens with one attached hydrogen (secondary N) is 1. The van der Waals surface area contributed by atoms with Crippen LogP contribution in [0.4, 0.5) is 5.69 Å². The zero-order chi connectivity index (χ0) is 13.7.